The molecule has 0 aromatic heterocycles. The first kappa shape index (κ1) is 20.5. The highest BCUT2D eigenvalue weighted by Gasteiger charge is 2.48. The lowest BCUT2D eigenvalue weighted by Crippen LogP contribution is -2.54. The zero-order chi connectivity index (χ0) is 17.9. The highest BCUT2D eigenvalue weighted by Crippen LogP contribution is 2.52. The number of hydrogen-bond donors (Lipinski definition) is 1. The van der Waals surface area contributed by atoms with Crippen LogP contribution < -0.4 is 5.32 Å². The Kier molecular flexibility index (Phi) is 7.46. The topological polar surface area (TPSA) is 15.3 Å². The van der Waals surface area contributed by atoms with Crippen molar-refractivity contribution < 1.29 is 17.6 Å². The quantitative estimate of drug-likeness (QED) is 0.333. The third kappa shape index (κ3) is 5.11. The van der Waals surface area contributed by atoms with Crippen molar-refractivity contribution in [3.8, 4) is 0 Å². The fourth-order valence-corrected chi connectivity index (χ4v) is 5.73. The molecule has 0 radical (unpaired) electrons. The maximum Gasteiger partial charge on any atom is 0.395 e. The van der Waals surface area contributed by atoms with Crippen molar-refractivity contribution in [1.82, 2.24) is 10.2 Å². The van der Waals surface area contributed by atoms with Crippen LogP contribution in [0.15, 0.2) is 20.6 Å². The minimum atomic E-state index is -4.29. The molecule has 0 saturated carbocycles. The smallest absolute Gasteiger partial charge is 0.303 e. The standard InChI is InChI=1S/C16H23F4IN2S/c1-3-4-5-6-10(16(18,19)20)13-14(21)24-15(13)22-12-7-8-23(2)9-11(12)17/h4-5,10-12,15,22H,3,6-9H2,1-2H3/b5-4-/t10-,11-,12+,15?/m0/s1. The molecule has 138 valence electrons. The molecule has 2 rings (SSSR count). The van der Waals surface area contributed by atoms with Crippen LogP contribution in [-0.4, -0.2) is 48.8 Å². The second kappa shape index (κ2) is 8.73. The van der Waals surface area contributed by atoms with E-state index in [1.54, 1.807) is 12.2 Å². The van der Waals surface area contributed by atoms with Crippen LogP contribution in [0.5, 0.6) is 0 Å². The minimum absolute atomic E-state index is 0.0512. The van der Waals surface area contributed by atoms with Gasteiger partial charge in [0.2, 0.25) is 0 Å². The van der Waals surface area contributed by atoms with Crippen LogP contribution in [0.4, 0.5) is 17.6 Å². The summed E-state index contributed by atoms with van der Waals surface area (Å²) >= 11 is 3.33. The van der Waals surface area contributed by atoms with E-state index in [0.29, 0.717) is 21.5 Å². The molecular weight excluding hydrogens is 455 g/mol. The molecule has 4 atom stereocenters. The van der Waals surface area contributed by atoms with E-state index < -0.39 is 23.6 Å². The Morgan fingerprint density at radius 3 is 2.67 bits per heavy atom. The molecule has 2 aliphatic heterocycles. The number of allylic oxidation sites excluding steroid dienone is 2. The Hall–Kier alpha value is 0.200. The first-order valence-electron chi connectivity index (χ1n) is 8.10. The Morgan fingerprint density at radius 1 is 1.42 bits per heavy atom. The third-order valence-corrected chi connectivity index (χ3v) is 6.84. The van der Waals surface area contributed by atoms with Crippen LogP contribution in [0.1, 0.15) is 26.2 Å². The minimum Gasteiger partial charge on any atom is -0.303 e. The average molecular weight is 478 g/mol. The van der Waals surface area contributed by atoms with Gasteiger partial charge in [-0.25, -0.2) is 4.39 Å². The lowest BCUT2D eigenvalue weighted by atomic mass is 9.93. The molecule has 1 N–H and O–H groups in total. The van der Waals surface area contributed by atoms with Crippen molar-refractivity contribution in [1.29, 1.82) is 0 Å². The zero-order valence-corrected chi connectivity index (χ0v) is 16.7. The van der Waals surface area contributed by atoms with Crippen LogP contribution >= 0.6 is 34.4 Å². The Balaban J connectivity index is 2.06. The summed E-state index contributed by atoms with van der Waals surface area (Å²) in [4.78, 5) is 1.91. The Labute approximate surface area is 158 Å². The lowest BCUT2D eigenvalue weighted by Gasteiger charge is -2.41. The highest BCUT2D eigenvalue weighted by atomic mass is 127. The summed E-state index contributed by atoms with van der Waals surface area (Å²) in [5.74, 6) is -1.49. The maximum atomic E-state index is 14.2. The van der Waals surface area contributed by atoms with Gasteiger partial charge in [-0.05, 0) is 61.0 Å². The predicted octanol–water partition coefficient (Wildman–Crippen LogP) is 4.87. The second-order valence-electron chi connectivity index (χ2n) is 6.28. The van der Waals surface area contributed by atoms with Gasteiger partial charge in [0, 0.05) is 15.5 Å². The Morgan fingerprint density at radius 2 is 2.12 bits per heavy atom. The van der Waals surface area contributed by atoms with Crippen molar-refractivity contribution in [2.24, 2.45) is 5.92 Å². The van der Waals surface area contributed by atoms with Gasteiger partial charge in [-0.3, -0.25) is 5.32 Å². The van der Waals surface area contributed by atoms with Gasteiger partial charge in [0.05, 0.1) is 11.3 Å². The van der Waals surface area contributed by atoms with E-state index in [-0.39, 0.29) is 12.5 Å². The fourth-order valence-electron chi connectivity index (χ4n) is 3.00. The predicted molar refractivity (Wildman–Crippen MR) is 100.0 cm³/mol. The van der Waals surface area contributed by atoms with Gasteiger partial charge in [0.1, 0.15) is 6.17 Å². The first-order valence-corrected chi connectivity index (χ1v) is 10.1. The monoisotopic (exact) mass is 478 g/mol. The summed E-state index contributed by atoms with van der Waals surface area (Å²) in [7, 11) is 1.86. The summed E-state index contributed by atoms with van der Waals surface area (Å²) in [6, 6.07) is -0.377. The van der Waals surface area contributed by atoms with Crippen LogP contribution in [0.2, 0.25) is 0 Å². The van der Waals surface area contributed by atoms with Crippen LogP contribution in [0, 0.1) is 5.92 Å². The Bertz CT molecular complexity index is 495. The largest absolute Gasteiger partial charge is 0.395 e. The normalized spacial score (nSPS) is 30.7. The summed E-state index contributed by atoms with van der Waals surface area (Å²) in [6.45, 7) is 2.98. The zero-order valence-electron chi connectivity index (χ0n) is 13.7. The molecule has 1 fully saturated rings. The van der Waals surface area contributed by atoms with E-state index in [4.69, 9.17) is 0 Å². The van der Waals surface area contributed by atoms with E-state index in [9.17, 15) is 17.6 Å². The summed E-state index contributed by atoms with van der Waals surface area (Å²) in [5.41, 5.74) is 0.375. The molecular formula is C16H23F4IN2S. The van der Waals surface area contributed by atoms with Crippen LogP contribution in [0.3, 0.4) is 0 Å². The van der Waals surface area contributed by atoms with Gasteiger partial charge in [-0.1, -0.05) is 30.8 Å². The van der Waals surface area contributed by atoms with Crippen molar-refractivity contribution in [3.05, 3.63) is 20.6 Å². The molecule has 0 spiro atoms. The molecule has 2 aliphatic rings. The number of nitrogens with zero attached hydrogens (tertiary/aromatic N) is 1. The number of halogens is 5. The van der Waals surface area contributed by atoms with Gasteiger partial charge in [0.25, 0.3) is 0 Å². The number of piperidine rings is 1. The van der Waals surface area contributed by atoms with Crippen molar-refractivity contribution in [2.45, 2.75) is 49.9 Å². The number of rotatable bonds is 6. The van der Waals surface area contributed by atoms with Crippen LogP contribution in [-0.2, 0) is 0 Å². The van der Waals surface area contributed by atoms with Crippen molar-refractivity contribution in [2.75, 3.05) is 20.1 Å². The van der Waals surface area contributed by atoms with Gasteiger partial charge in [0.15, 0.2) is 0 Å². The van der Waals surface area contributed by atoms with Crippen molar-refractivity contribution >= 4 is 34.4 Å². The van der Waals surface area contributed by atoms with Crippen molar-refractivity contribution in [3.63, 3.8) is 0 Å². The lowest BCUT2D eigenvalue weighted by molar-refractivity contribution is -0.163. The molecule has 0 aromatic carbocycles. The van der Waals surface area contributed by atoms with E-state index in [1.165, 1.54) is 11.8 Å². The summed E-state index contributed by atoms with van der Waals surface area (Å²) < 4.78 is 55.3. The number of thioether (sulfide) groups is 1. The van der Waals surface area contributed by atoms with E-state index in [1.807, 2.05) is 41.5 Å². The SMILES string of the molecule is CC/C=C\C[C@@H](C1=C(I)SC1N[C@@H]1CCN(C)C[C@@H]1F)C(F)(F)F. The molecule has 0 aromatic rings. The molecule has 8 heteroatoms. The first-order chi connectivity index (χ1) is 11.2. The van der Waals surface area contributed by atoms with E-state index in [2.05, 4.69) is 5.32 Å². The third-order valence-electron chi connectivity index (χ3n) is 4.39. The van der Waals surface area contributed by atoms with Gasteiger partial charge < -0.3 is 4.90 Å². The second-order valence-corrected chi connectivity index (χ2v) is 9.20. The number of hydrogen-bond acceptors (Lipinski definition) is 3. The number of alkyl halides is 4. The molecule has 0 bridgehead atoms. The number of likely N-dealkylation sites (tertiary alicyclic amines) is 1. The molecule has 0 aliphatic carbocycles. The molecule has 24 heavy (non-hydrogen) atoms. The summed E-state index contributed by atoms with van der Waals surface area (Å²) in [6.07, 6.45) is -0.691. The average Bonchev–Trinajstić information content (AvgIpc) is 2.47. The van der Waals surface area contributed by atoms with Gasteiger partial charge in [-0.15, -0.1) is 0 Å². The van der Waals surface area contributed by atoms with Crippen LogP contribution in [0.25, 0.3) is 0 Å². The fraction of sp³-hybridized carbons (Fsp3) is 0.750. The molecule has 2 heterocycles. The molecule has 2 nitrogen and oxygen atoms in total. The highest BCUT2D eigenvalue weighted by molar-refractivity contribution is 14.1. The molecule has 1 unspecified atom stereocenters. The molecule has 1 saturated heterocycles. The summed E-state index contributed by atoms with van der Waals surface area (Å²) in [5, 5.41) is 2.68. The molecule has 0 amide bonds. The van der Waals surface area contributed by atoms with Gasteiger partial charge >= 0.3 is 6.18 Å². The number of nitrogens with one attached hydrogen (secondary N) is 1. The van der Waals surface area contributed by atoms with E-state index in [0.717, 1.165) is 13.0 Å². The van der Waals surface area contributed by atoms with E-state index >= 15 is 0 Å². The van der Waals surface area contributed by atoms with Gasteiger partial charge in [-0.2, -0.15) is 13.2 Å². The maximum absolute atomic E-state index is 14.2.